The van der Waals surface area contributed by atoms with E-state index < -0.39 is 62.8 Å². The van der Waals surface area contributed by atoms with Gasteiger partial charge in [0.2, 0.25) is 5.95 Å². The number of nitrogens with two attached hydrogens (primary N) is 2. The van der Waals surface area contributed by atoms with Crippen LogP contribution in [0.1, 0.15) is 12.5 Å². The molecule has 3 fully saturated rings. The second-order valence-electron chi connectivity index (χ2n) is 9.79. The van der Waals surface area contributed by atoms with Crippen molar-refractivity contribution in [2.45, 2.75) is 43.1 Å². The van der Waals surface area contributed by atoms with Gasteiger partial charge in [-0.15, -0.1) is 17.6 Å². The Bertz CT molecular complexity index is 1700. The highest BCUT2D eigenvalue weighted by Gasteiger charge is 2.54. The molecule has 7 rings (SSSR count). The summed E-state index contributed by atoms with van der Waals surface area (Å²) in [5.74, 6) is -0.683. The van der Waals surface area contributed by atoms with E-state index in [0.29, 0.717) is 17.3 Å². The van der Waals surface area contributed by atoms with E-state index in [2.05, 4.69) is 29.9 Å². The van der Waals surface area contributed by atoms with Crippen molar-refractivity contribution in [1.82, 2.24) is 39.0 Å². The largest absolute Gasteiger partial charge is 0.698 e. The number of nitrogens with one attached hydrogen (secondary N) is 1. The number of nitrogen functional groups attached to an aromatic ring is 2. The highest BCUT2D eigenvalue weighted by molar-refractivity contribution is 7.38. The molecule has 3 saturated heterocycles. The van der Waals surface area contributed by atoms with Crippen LogP contribution in [0.3, 0.4) is 0 Å². The fourth-order valence-electron chi connectivity index (χ4n) is 5.43. The fraction of sp³-hybridized carbons (Fsp3) is 0.524. The van der Waals surface area contributed by atoms with Gasteiger partial charge in [0.05, 0.1) is 24.9 Å². The van der Waals surface area contributed by atoms with Gasteiger partial charge in [-0.2, -0.15) is 4.98 Å². The van der Waals surface area contributed by atoms with Gasteiger partial charge < -0.3 is 20.9 Å². The minimum Gasteiger partial charge on any atom is -0.382 e. The third kappa shape index (κ3) is 4.45. The van der Waals surface area contributed by atoms with Crippen molar-refractivity contribution >= 4 is 50.9 Å². The molecular weight excluding hydrogens is 588 g/mol. The second kappa shape index (κ2) is 10.2. The zero-order valence-corrected chi connectivity index (χ0v) is 22.8. The molecule has 216 valence electrons. The lowest BCUT2D eigenvalue weighted by Gasteiger charge is -2.19. The van der Waals surface area contributed by atoms with Crippen molar-refractivity contribution in [1.29, 1.82) is 0 Å². The summed E-state index contributed by atoms with van der Waals surface area (Å²) in [4.78, 5) is 34.9. The molecule has 16 nitrogen and oxygen atoms in total. The van der Waals surface area contributed by atoms with Crippen LogP contribution >= 0.6 is 16.8 Å². The monoisotopic (exact) mass is 611 g/mol. The maximum Gasteiger partial charge on any atom is 0.698 e. The maximum atomic E-state index is 15.9. The number of anilines is 2. The maximum absolute atomic E-state index is 15.9. The predicted molar refractivity (Wildman–Crippen MR) is 140 cm³/mol. The number of halogens is 2. The number of imidazole rings is 2. The summed E-state index contributed by atoms with van der Waals surface area (Å²) in [6.07, 6.45) is -4.17. The Labute approximate surface area is 230 Å². The van der Waals surface area contributed by atoms with Crippen LogP contribution in [0.2, 0.25) is 0 Å². The number of nitrogens with zero attached hydrogens (tertiary/aromatic N) is 7. The van der Waals surface area contributed by atoms with E-state index in [0.717, 1.165) is 0 Å². The highest BCUT2D eigenvalue weighted by atomic mass is 31.1. The molecule has 3 aliphatic rings. The van der Waals surface area contributed by atoms with Crippen LogP contribution in [0.5, 0.6) is 0 Å². The quantitative estimate of drug-likeness (QED) is 0.270. The summed E-state index contributed by atoms with van der Waals surface area (Å²) >= 11 is 0. The van der Waals surface area contributed by atoms with Crippen molar-refractivity contribution < 1.29 is 31.9 Å². The Balaban J connectivity index is 1.14. The molecule has 0 saturated carbocycles. The molecule has 4 aromatic heterocycles. The predicted octanol–water partition coefficient (Wildman–Crippen LogP) is 0.962. The first-order chi connectivity index (χ1) is 19.8. The first-order valence-corrected chi connectivity index (χ1v) is 15.0. The van der Waals surface area contributed by atoms with Gasteiger partial charge >= 0.3 is 8.25 Å². The summed E-state index contributed by atoms with van der Waals surface area (Å²) in [6.45, 7) is -0.273. The Morgan fingerprint density at radius 2 is 1.73 bits per heavy atom. The molecule has 5 N–H and O–H groups in total. The van der Waals surface area contributed by atoms with Crippen LogP contribution in [0.4, 0.5) is 20.5 Å². The Kier molecular flexibility index (Phi) is 6.64. The number of aromatic nitrogens is 8. The van der Waals surface area contributed by atoms with Gasteiger partial charge in [0.1, 0.15) is 18.5 Å². The molecule has 0 aliphatic carbocycles. The van der Waals surface area contributed by atoms with E-state index in [1.807, 2.05) is 0 Å². The lowest BCUT2D eigenvalue weighted by Crippen LogP contribution is -2.32. The summed E-state index contributed by atoms with van der Waals surface area (Å²) in [5.41, 5.74) is 11.6. The normalized spacial score (nSPS) is 34.1. The van der Waals surface area contributed by atoms with Crippen LogP contribution in [0.15, 0.2) is 23.8 Å². The Hall–Kier alpha value is -3.27. The molecule has 3 aliphatic heterocycles. The number of aromatic amines is 1. The minimum atomic E-state index is -2.89. The number of H-pyrrole nitrogens is 1. The van der Waals surface area contributed by atoms with Crippen LogP contribution < -0.4 is 17.0 Å². The number of fused-ring (bicyclic) bond motifs is 5. The first kappa shape index (κ1) is 26.6. The van der Waals surface area contributed by atoms with Gasteiger partial charge in [-0.25, -0.2) is 28.7 Å². The molecule has 3 unspecified atom stereocenters. The molecule has 20 heteroatoms. The number of alkyl halides is 2. The van der Waals surface area contributed by atoms with E-state index >= 15 is 8.78 Å². The van der Waals surface area contributed by atoms with E-state index in [1.165, 1.54) is 28.1 Å². The SMILES string of the molecule is Nc1nc2c(ncn2[C@@H]2OC3CPC[C@H]4[C@H](F)[C@H](n5cnc6c(N)ncnc65)O[C@@H]4CO[P+](=O)O[C@@H]2[C@H]3F)c(=O)[nH]1. The molecule has 41 heavy (non-hydrogen) atoms. The van der Waals surface area contributed by atoms with Crippen molar-refractivity contribution in [3.05, 3.63) is 29.3 Å². The van der Waals surface area contributed by atoms with E-state index in [-0.39, 0.29) is 44.3 Å². The van der Waals surface area contributed by atoms with Gasteiger partial charge in [-0.3, -0.25) is 18.9 Å². The van der Waals surface area contributed by atoms with Gasteiger partial charge in [-0.05, 0) is 12.3 Å². The molecule has 4 aromatic rings. The lowest BCUT2D eigenvalue weighted by molar-refractivity contribution is -0.0402. The third-order valence-corrected chi connectivity index (χ3v) is 9.63. The Morgan fingerprint density at radius 3 is 2.56 bits per heavy atom. The molecular formula is C21H23F2N10O6P2+. The van der Waals surface area contributed by atoms with Crippen LogP contribution in [-0.4, -0.2) is 88.6 Å². The summed E-state index contributed by atoms with van der Waals surface area (Å²) in [5, 5.41) is 0. The Morgan fingerprint density at radius 1 is 0.976 bits per heavy atom. The lowest BCUT2D eigenvalue weighted by atomic mass is 10.0. The molecule has 0 radical (unpaired) electrons. The van der Waals surface area contributed by atoms with E-state index in [1.54, 1.807) is 0 Å². The molecule has 2 bridgehead atoms. The van der Waals surface area contributed by atoms with E-state index in [9.17, 15) is 9.36 Å². The number of rotatable bonds is 2. The summed E-state index contributed by atoms with van der Waals surface area (Å²) < 4.78 is 70.2. The number of hydrogen-bond donors (Lipinski definition) is 3. The van der Waals surface area contributed by atoms with Crippen molar-refractivity contribution in [2.75, 3.05) is 30.4 Å². The minimum absolute atomic E-state index is 0.0332. The van der Waals surface area contributed by atoms with Crippen molar-refractivity contribution in [2.24, 2.45) is 5.92 Å². The van der Waals surface area contributed by atoms with Crippen LogP contribution in [-0.2, 0) is 23.1 Å². The van der Waals surface area contributed by atoms with Crippen LogP contribution in [0, 0.1) is 5.92 Å². The van der Waals surface area contributed by atoms with Gasteiger partial charge in [-0.1, -0.05) is 0 Å². The van der Waals surface area contributed by atoms with Gasteiger partial charge in [0.25, 0.3) is 5.56 Å². The van der Waals surface area contributed by atoms with Gasteiger partial charge in [0.15, 0.2) is 53.5 Å². The topological polar surface area (TPSA) is 213 Å². The first-order valence-electron chi connectivity index (χ1n) is 12.5. The highest BCUT2D eigenvalue weighted by Crippen LogP contribution is 2.46. The van der Waals surface area contributed by atoms with Crippen molar-refractivity contribution in [3.8, 4) is 0 Å². The molecule has 0 aromatic carbocycles. The number of ether oxygens (including phenoxy) is 2. The van der Waals surface area contributed by atoms with E-state index in [4.69, 9.17) is 30.0 Å². The summed E-state index contributed by atoms with van der Waals surface area (Å²) in [7, 11) is -2.81. The molecule has 0 amide bonds. The molecule has 10 atom stereocenters. The standard InChI is InChI=1S/C21H22F2N10O6P2/c22-10-7-2-40-3-9-11(23)14(20(38-9)33-6-29-13-17(33)30-21(25)31-18(13)34)39-41(35)36-1-8(7)37-19(10)32-5-28-12-15(24)26-4-27-16(12)32/h4-11,14,19-20,40H,1-3H2,(H4-,24,25,26,27,30,31,34)/p+1/t7-,8-,9?,10+,11+,14-,19-,20-/m1/s1. The van der Waals surface area contributed by atoms with Crippen LogP contribution in [0.25, 0.3) is 22.3 Å². The average Bonchev–Trinajstić information content (AvgIpc) is 3.69. The fourth-order valence-corrected chi connectivity index (χ4v) is 7.78. The van der Waals surface area contributed by atoms with Crippen molar-refractivity contribution in [3.63, 3.8) is 0 Å². The zero-order valence-electron chi connectivity index (χ0n) is 20.9. The second-order valence-corrected chi connectivity index (χ2v) is 12.0. The zero-order chi connectivity index (χ0) is 28.4. The third-order valence-electron chi connectivity index (χ3n) is 7.40. The molecule has 7 heterocycles. The average molecular weight is 611 g/mol. The number of hydrogen-bond acceptors (Lipinski definition) is 13. The molecule has 0 spiro atoms. The smallest absolute Gasteiger partial charge is 0.382 e. The van der Waals surface area contributed by atoms with Gasteiger partial charge in [0, 0.05) is 10.5 Å². The summed E-state index contributed by atoms with van der Waals surface area (Å²) in [6, 6.07) is 0.